The minimum atomic E-state index is -0.189. The summed E-state index contributed by atoms with van der Waals surface area (Å²) in [6.45, 7) is 3.76. The van der Waals surface area contributed by atoms with Gasteiger partial charge in [-0.2, -0.15) is 0 Å². The van der Waals surface area contributed by atoms with Gasteiger partial charge in [-0.05, 0) is 61.1 Å². The summed E-state index contributed by atoms with van der Waals surface area (Å²) >= 11 is 0. The number of ketones is 1. The zero-order valence-electron chi connectivity index (χ0n) is 15.2. The first-order chi connectivity index (χ1) is 11.9. The van der Waals surface area contributed by atoms with Gasteiger partial charge in [0.25, 0.3) is 0 Å². The molecule has 0 aliphatic heterocycles. The molecule has 2 saturated carbocycles. The first-order valence-corrected chi connectivity index (χ1v) is 9.32. The summed E-state index contributed by atoms with van der Waals surface area (Å²) in [6, 6.07) is 5.96. The molecule has 0 bridgehead atoms. The Bertz CT molecular complexity index is 725. The van der Waals surface area contributed by atoms with Crippen molar-refractivity contribution in [3.05, 3.63) is 29.3 Å². The number of fused-ring (bicyclic) bond motifs is 5. The maximum absolute atomic E-state index is 12.8. The van der Waals surface area contributed by atoms with Crippen LogP contribution >= 0.6 is 0 Å². The third-order valence-electron chi connectivity index (χ3n) is 7.04. The zero-order chi connectivity index (χ0) is 17.8. The van der Waals surface area contributed by atoms with Gasteiger partial charge in [-0.25, -0.2) is 0 Å². The molecular formula is C21H26O4. The van der Waals surface area contributed by atoms with Crippen molar-refractivity contribution in [2.24, 2.45) is 17.3 Å². The largest absolute Gasteiger partial charge is 0.497 e. The van der Waals surface area contributed by atoms with E-state index in [2.05, 4.69) is 13.0 Å². The third kappa shape index (κ3) is 2.49. The van der Waals surface area contributed by atoms with Crippen molar-refractivity contribution in [2.45, 2.75) is 58.0 Å². The van der Waals surface area contributed by atoms with Crippen LogP contribution in [0.2, 0.25) is 0 Å². The molecule has 0 spiro atoms. The summed E-state index contributed by atoms with van der Waals surface area (Å²) in [7, 11) is 1.64. The lowest BCUT2D eigenvalue weighted by atomic mass is 9.55. The smallest absolute Gasteiger partial charge is 0.302 e. The molecule has 3 aliphatic carbocycles. The Morgan fingerprint density at radius 3 is 2.76 bits per heavy atom. The number of carbonyl (C=O) groups excluding carboxylic acids is 2. The van der Waals surface area contributed by atoms with E-state index in [4.69, 9.17) is 9.47 Å². The van der Waals surface area contributed by atoms with E-state index in [0.717, 1.165) is 37.0 Å². The van der Waals surface area contributed by atoms with Crippen LogP contribution in [0.5, 0.6) is 5.75 Å². The van der Waals surface area contributed by atoms with Crippen molar-refractivity contribution >= 4 is 11.8 Å². The summed E-state index contributed by atoms with van der Waals surface area (Å²) in [4.78, 5) is 24.3. The standard InChI is InChI=1S/C21H26O4/c1-12(22)25-20-7-6-18-16-11-19(23)17-10-13(24-3)4-5-14(17)15(16)8-9-21(18,20)2/h4-5,10,15-16,18,20H,6-9,11H2,1-3H3/t15-,16+,18+,20-,21-/m0/s1. The number of hydrogen-bond acceptors (Lipinski definition) is 4. The monoisotopic (exact) mass is 342 g/mol. The third-order valence-corrected chi connectivity index (χ3v) is 7.04. The number of carbonyl (C=O) groups is 2. The summed E-state index contributed by atoms with van der Waals surface area (Å²) < 4.78 is 10.9. The summed E-state index contributed by atoms with van der Waals surface area (Å²) in [5.41, 5.74) is 2.05. The first kappa shape index (κ1) is 16.6. The molecule has 0 N–H and O–H groups in total. The number of benzene rings is 1. The summed E-state index contributed by atoms with van der Waals surface area (Å²) in [5.74, 6) is 2.05. The highest BCUT2D eigenvalue weighted by atomic mass is 16.5. The first-order valence-electron chi connectivity index (χ1n) is 9.32. The number of esters is 1. The molecule has 25 heavy (non-hydrogen) atoms. The zero-order valence-corrected chi connectivity index (χ0v) is 15.2. The molecule has 0 amide bonds. The quantitative estimate of drug-likeness (QED) is 0.759. The SMILES string of the molecule is COc1ccc2c(c1)C(=O)C[C@H]1[C@H]3CC[C@H](OC(C)=O)[C@@]3(C)CC[C@@H]21. The highest BCUT2D eigenvalue weighted by Crippen LogP contribution is 2.61. The molecule has 134 valence electrons. The fourth-order valence-electron chi connectivity index (χ4n) is 5.86. The van der Waals surface area contributed by atoms with Gasteiger partial charge in [-0.1, -0.05) is 13.0 Å². The second kappa shape index (κ2) is 5.86. The lowest BCUT2D eigenvalue weighted by molar-refractivity contribution is -0.154. The lowest BCUT2D eigenvalue weighted by Gasteiger charge is -2.50. The highest BCUT2D eigenvalue weighted by molar-refractivity contribution is 5.99. The fraction of sp³-hybridized carbons (Fsp3) is 0.619. The molecule has 0 aromatic heterocycles. The molecule has 0 unspecified atom stereocenters. The Morgan fingerprint density at radius 1 is 1.24 bits per heavy atom. The van der Waals surface area contributed by atoms with E-state index < -0.39 is 0 Å². The van der Waals surface area contributed by atoms with Gasteiger partial charge in [0.15, 0.2) is 5.78 Å². The van der Waals surface area contributed by atoms with Crippen LogP contribution in [0.15, 0.2) is 18.2 Å². The molecule has 4 nitrogen and oxygen atoms in total. The molecule has 0 saturated heterocycles. The minimum Gasteiger partial charge on any atom is -0.497 e. The fourth-order valence-corrected chi connectivity index (χ4v) is 5.86. The topological polar surface area (TPSA) is 52.6 Å². The Morgan fingerprint density at radius 2 is 2.04 bits per heavy atom. The van der Waals surface area contributed by atoms with Crippen molar-refractivity contribution in [1.29, 1.82) is 0 Å². The molecule has 4 heteroatoms. The van der Waals surface area contributed by atoms with Crippen LogP contribution in [0.25, 0.3) is 0 Å². The van der Waals surface area contributed by atoms with Gasteiger partial charge >= 0.3 is 5.97 Å². The van der Waals surface area contributed by atoms with Gasteiger partial charge in [0.1, 0.15) is 11.9 Å². The number of hydrogen-bond donors (Lipinski definition) is 0. The molecule has 0 radical (unpaired) electrons. The highest BCUT2D eigenvalue weighted by Gasteiger charge is 2.56. The number of Topliss-reactive ketones (excluding diaryl/α,β-unsaturated/α-hetero) is 1. The Kier molecular flexibility index (Phi) is 3.89. The molecular weight excluding hydrogens is 316 g/mol. The van der Waals surface area contributed by atoms with Crippen LogP contribution in [-0.2, 0) is 9.53 Å². The number of methoxy groups -OCH3 is 1. The maximum Gasteiger partial charge on any atom is 0.302 e. The average molecular weight is 342 g/mol. The van der Waals surface area contributed by atoms with Gasteiger partial charge in [0, 0.05) is 24.3 Å². The van der Waals surface area contributed by atoms with E-state index in [9.17, 15) is 9.59 Å². The maximum atomic E-state index is 12.8. The van der Waals surface area contributed by atoms with Crippen LogP contribution in [0.3, 0.4) is 0 Å². The molecule has 2 fully saturated rings. The van der Waals surface area contributed by atoms with E-state index in [1.165, 1.54) is 12.5 Å². The second-order valence-electron chi connectivity index (χ2n) is 8.18. The normalized spacial score (nSPS) is 36.2. The van der Waals surface area contributed by atoms with Gasteiger partial charge in [-0.15, -0.1) is 0 Å². The molecule has 1 aromatic carbocycles. The van der Waals surface area contributed by atoms with E-state index in [-0.39, 0.29) is 23.3 Å². The number of ether oxygens (including phenoxy) is 2. The number of rotatable bonds is 2. The second-order valence-corrected chi connectivity index (χ2v) is 8.18. The van der Waals surface area contributed by atoms with Crippen LogP contribution < -0.4 is 4.74 Å². The predicted molar refractivity (Wildman–Crippen MR) is 93.8 cm³/mol. The molecule has 1 aromatic rings. The van der Waals surface area contributed by atoms with E-state index in [1.54, 1.807) is 7.11 Å². The van der Waals surface area contributed by atoms with Crippen LogP contribution in [-0.4, -0.2) is 25.0 Å². The van der Waals surface area contributed by atoms with Crippen LogP contribution in [0.1, 0.15) is 67.8 Å². The summed E-state index contributed by atoms with van der Waals surface area (Å²) in [5, 5.41) is 0. The predicted octanol–water partition coefficient (Wildman–Crippen LogP) is 4.12. The molecule has 0 heterocycles. The van der Waals surface area contributed by atoms with E-state index in [0.29, 0.717) is 24.2 Å². The van der Waals surface area contributed by atoms with Crippen molar-refractivity contribution in [3.8, 4) is 5.75 Å². The van der Waals surface area contributed by atoms with Crippen LogP contribution in [0.4, 0.5) is 0 Å². The van der Waals surface area contributed by atoms with Gasteiger partial charge in [0.05, 0.1) is 7.11 Å². The lowest BCUT2D eigenvalue weighted by Crippen LogP contribution is -2.45. The minimum absolute atomic E-state index is 0.00307. The van der Waals surface area contributed by atoms with Crippen molar-refractivity contribution in [1.82, 2.24) is 0 Å². The van der Waals surface area contributed by atoms with E-state index in [1.807, 2.05) is 12.1 Å². The Balaban J connectivity index is 1.67. The van der Waals surface area contributed by atoms with Gasteiger partial charge in [0.2, 0.25) is 0 Å². The van der Waals surface area contributed by atoms with Crippen molar-refractivity contribution in [3.63, 3.8) is 0 Å². The molecule has 3 aliphatic rings. The van der Waals surface area contributed by atoms with Gasteiger partial charge in [-0.3, -0.25) is 9.59 Å². The van der Waals surface area contributed by atoms with Crippen molar-refractivity contribution < 1.29 is 19.1 Å². The van der Waals surface area contributed by atoms with Crippen molar-refractivity contribution in [2.75, 3.05) is 7.11 Å². The van der Waals surface area contributed by atoms with Crippen LogP contribution in [0, 0.1) is 17.3 Å². The Labute approximate surface area is 148 Å². The summed E-state index contributed by atoms with van der Waals surface area (Å²) in [6.07, 6.45) is 4.70. The molecule has 4 rings (SSSR count). The Hall–Kier alpha value is -1.84. The van der Waals surface area contributed by atoms with E-state index >= 15 is 0 Å². The van der Waals surface area contributed by atoms with Gasteiger partial charge < -0.3 is 9.47 Å². The molecule has 5 atom stereocenters. The average Bonchev–Trinajstić information content (AvgIpc) is 2.91.